The number of nitrogens with one attached hydrogen (secondary N) is 1. The summed E-state index contributed by atoms with van der Waals surface area (Å²) in [5.74, 6) is 0.348. The summed E-state index contributed by atoms with van der Waals surface area (Å²) in [5.41, 5.74) is 0.891. The van der Waals surface area contributed by atoms with Crippen molar-refractivity contribution in [2.75, 3.05) is 25.5 Å². The van der Waals surface area contributed by atoms with Crippen LogP contribution in [0.25, 0.3) is 11.5 Å². The van der Waals surface area contributed by atoms with E-state index in [1.807, 2.05) is 13.8 Å². The first-order valence-electron chi connectivity index (χ1n) is 10.3. The van der Waals surface area contributed by atoms with Crippen molar-refractivity contribution in [1.29, 1.82) is 0 Å². The molecule has 174 valence electrons. The van der Waals surface area contributed by atoms with E-state index in [0.29, 0.717) is 11.3 Å². The highest BCUT2D eigenvalue weighted by Crippen LogP contribution is 2.25. The number of sulfonamides is 1. The molecule has 2 aromatic carbocycles. The van der Waals surface area contributed by atoms with Crippen molar-refractivity contribution in [3.05, 3.63) is 54.1 Å². The van der Waals surface area contributed by atoms with Gasteiger partial charge >= 0.3 is 6.01 Å². The normalized spacial score (nSPS) is 19.2. The Balaban J connectivity index is 1.45. The highest BCUT2D eigenvalue weighted by molar-refractivity contribution is 7.89. The zero-order valence-corrected chi connectivity index (χ0v) is 19.2. The topological polar surface area (TPSA) is 124 Å². The van der Waals surface area contributed by atoms with Crippen LogP contribution in [0.15, 0.2) is 57.8 Å². The molecule has 1 aliphatic heterocycles. The van der Waals surface area contributed by atoms with Crippen molar-refractivity contribution in [2.24, 2.45) is 0 Å². The molecule has 2 atom stereocenters. The van der Waals surface area contributed by atoms with Gasteiger partial charge in [0.2, 0.25) is 15.9 Å². The fraction of sp³-hybridized carbons (Fsp3) is 0.318. The molecular formula is C22H24N4O6S. The summed E-state index contributed by atoms with van der Waals surface area (Å²) in [6.45, 7) is 4.23. The highest BCUT2D eigenvalue weighted by atomic mass is 32.2. The largest absolute Gasteiger partial charge is 0.497 e. The van der Waals surface area contributed by atoms with Crippen LogP contribution in [0.4, 0.5) is 6.01 Å². The second-order valence-electron chi connectivity index (χ2n) is 7.70. The average molecular weight is 473 g/mol. The second kappa shape index (κ2) is 9.30. The van der Waals surface area contributed by atoms with E-state index in [0.717, 1.165) is 0 Å². The maximum absolute atomic E-state index is 13.0. The van der Waals surface area contributed by atoms with Gasteiger partial charge in [0, 0.05) is 24.2 Å². The van der Waals surface area contributed by atoms with E-state index >= 15 is 0 Å². The van der Waals surface area contributed by atoms with Gasteiger partial charge in [-0.05, 0) is 56.3 Å². The molecule has 33 heavy (non-hydrogen) atoms. The molecule has 0 radical (unpaired) electrons. The smallest absolute Gasteiger partial charge is 0.322 e. The van der Waals surface area contributed by atoms with E-state index in [4.69, 9.17) is 13.9 Å². The number of aromatic nitrogens is 2. The van der Waals surface area contributed by atoms with Crippen LogP contribution in [0.3, 0.4) is 0 Å². The Labute approximate surface area is 191 Å². The van der Waals surface area contributed by atoms with E-state index in [2.05, 4.69) is 15.5 Å². The SMILES string of the molecule is COc1cccc(-c2nnc(NC(=O)c3ccc(S(=O)(=O)N4C[C@H](C)O[C@@H](C)C4)cc3)o2)c1. The van der Waals surface area contributed by atoms with Crippen molar-refractivity contribution in [1.82, 2.24) is 14.5 Å². The van der Waals surface area contributed by atoms with Gasteiger partial charge in [-0.3, -0.25) is 10.1 Å². The zero-order valence-electron chi connectivity index (χ0n) is 18.4. The minimum Gasteiger partial charge on any atom is -0.497 e. The predicted octanol–water partition coefficient (Wildman–Crippen LogP) is 2.80. The lowest BCUT2D eigenvalue weighted by atomic mass is 10.2. The van der Waals surface area contributed by atoms with E-state index in [-0.39, 0.29) is 47.7 Å². The van der Waals surface area contributed by atoms with Crippen LogP contribution >= 0.6 is 0 Å². The number of ether oxygens (including phenoxy) is 2. The number of methoxy groups -OCH3 is 1. The van der Waals surface area contributed by atoms with E-state index in [1.54, 1.807) is 31.4 Å². The molecule has 0 saturated carbocycles. The molecule has 10 nitrogen and oxygen atoms in total. The lowest BCUT2D eigenvalue weighted by Crippen LogP contribution is -2.48. The molecule has 1 saturated heterocycles. The van der Waals surface area contributed by atoms with E-state index < -0.39 is 15.9 Å². The van der Waals surface area contributed by atoms with Gasteiger partial charge < -0.3 is 13.9 Å². The van der Waals surface area contributed by atoms with Crippen LogP contribution in [0.1, 0.15) is 24.2 Å². The third-order valence-electron chi connectivity index (χ3n) is 5.10. The molecule has 1 amide bonds. The number of nitrogens with zero attached hydrogens (tertiary/aromatic N) is 3. The number of anilines is 1. The Morgan fingerprint density at radius 3 is 2.45 bits per heavy atom. The van der Waals surface area contributed by atoms with Crippen LogP contribution < -0.4 is 10.1 Å². The van der Waals surface area contributed by atoms with Gasteiger partial charge in [0.25, 0.3) is 5.91 Å². The number of benzene rings is 2. The van der Waals surface area contributed by atoms with Crippen molar-refractivity contribution in [3.8, 4) is 17.2 Å². The fourth-order valence-electron chi connectivity index (χ4n) is 3.57. The zero-order chi connectivity index (χ0) is 23.6. The predicted molar refractivity (Wildman–Crippen MR) is 119 cm³/mol. The number of carbonyl (C=O) groups excluding carboxylic acids is 1. The molecule has 0 unspecified atom stereocenters. The van der Waals surface area contributed by atoms with Crippen molar-refractivity contribution < 1.29 is 27.1 Å². The molecule has 4 rings (SSSR count). The third kappa shape index (κ3) is 5.05. The summed E-state index contributed by atoms with van der Waals surface area (Å²) in [4.78, 5) is 12.7. The van der Waals surface area contributed by atoms with Gasteiger partial charge in [0.05, 0.1) is 24.2 Å². The highest BCUT2D eigenvalue weighted by Gasteiger charge is 2.32. The Bertz CT molecular complexity index is 1230. The van der Waals surface area contributed by atoms with Crippen molar-refractivity contribution >= 4 is 21.9 Å². The first-order chi connectivity index (χ1) is 15.8. The molecule has 3 aromatic rings. The molecule has 2 heterocycles. The lowest BCUT2D eigenvalue weighted by molar-refractivity contribution is -0.0440. The summed E-state index contributed by atoms with van der Waals surface area (Å²) in [6, 6.07) is 12.7. The Hall–Kier alpha value is -3.28. The minimum atomic E-state index is -3.69. The standard InChI is InChI=1S/C22H24N4O6S/c1-14-12-26(13-15(2)31-14)33(28,29)19-9-7-16(8-10-19)20(27)23-22-25-24-21(32-22)17-5-4-6-18(11-17)30-3/h4-11,14-15H,12-13H2,1-3H3,(H,23,25,27)/t14-,15-/m0/s1. The molecule has 0 aliphatic carbocycles. The van der Waals surface area contributed by atoms with Gasteiger partial charge in [-0.2, -0.15) is 4.31 Å². The fourth-order valence-corrected chi connectivity index (χ4v) is 5.16. The summed E-state index contributed by atoms with van der Waals surface area (Å²) in [6.07, 6.45) is -0.380. The van der Waals surface area contributed by atoms with Crippen molar-refractivity contribution in [3.63, 3.8) is 0 Å². The molecule has 0 bridgehead atoms. The molecule has 1 aliphatic rings. The van der Waals surface area contributed by atoms with Crippen LogP contribution in [-0.4, -0.2) is 61.2 Å². The quantitative estimate of drug-likeness (QED) is 0.581. The van der Waals surface area contributed by atoms with Gasteiger partial charge in [0.1, 0.15) is 5.75 Å². The van der Waals surface area contributed by atoms with Crippen LogP contribution in [0.2, 0.25) is 0 Å². The van der Waals surface area contributed by atoms with Gasteiger partial charge in [-0.15, -0.1) is 5.10 Å². The second-order valence-corrected chi connectivity index (χ2v) is 9.64. The summed E-state index contributed by atoms with van der Waals surface area (Å²) >= 11 is 0. The Kier molecular flexibility index (Phi) is 6.45. The first kappa shape index (κ1) is 22.9. The lowest BCUT2D eigenvalue weighted by Gasteiger charge is -2.34. The van der Waals surface area contributed by atoms with Crippen LogP contribution in [-0.2, 0) is 14.8 Å². The van der Waals surface area contributed by atoms with E-state index in [9.17, 15) is 13.2 Å². The number of hydrogen-bond acceptors (Lipinski definition) is 8. The molecule has 1 N–H and O–H groups in total. The summed E-state index contributed by atoms with van der Waals surface area (Å²) in [7, 11) is -2.14. The molecule has 0 spiro atoms. The summed E-state index contributed by atoms with van der Waals surface area (Å²) < 4.78 is 43.6. The maximum atomic E-state index is 13.0. The molecule has 11 heteroatoms. The number of carbonyl (C=O) groups is 1. The Morgan fingerprint density at radius 2 is 1.79 bits per heavy atom. The monoisotopic (exact) mass is 472 g/mol. The molecule has 1 aromatic heterocycles. The van der Waals surface area contributed by atoms with E-state index in [1.165, 1.54) is 28.6 Å². The minimum absolute atomic E-state index is 0.0780. The average Bonchev–Trinajstić information content (AvgIpc) is 3.27. The van der Waals surface area contributed by atoms with Gasteiger partial charge in [-0.1, -0.05) is 11.2 Å². The molecular weight excluding hydrogens is 448 g/mol. The van der Waals surface area contributed by atoms with Gasteiger partial charge in [-0.25, -0.2) is 8.42 Å². The first-order valence-corrected chi connectivity index (χ1v) is 11.7. The molecule has 1 fully saturated rings. The summed E-state index contributed by atoms with van der Waals surface area (Å²) in [5, 5.41) is 10.3. The number of hydrogen-bond donors (Lipinski definition) is 1. The van der Waals surface area contributed by atoms with Gasteiger partial charge in [0.15, 0.2) is 0 Å². The third-order valence-corrected chi connectivity index (χ3v) is 6.95. The number of morpholine rings is 1. The number of rotatable bonds is 6. The maximum Gasteiger partial charge on any atom is 0.322 e. The number of amides is 1. The van der Waals surface area contributed by atoms with Crippen molar-refractivity contribution in [2.45, 2.75) is 31.0 Å². The Morgan fingerprint density at radius 1 is 1.09 bits per heavy atom. The van der Waals surface area contributed by atoms with Crippen LogP contribution in [0.5, 0.6) is 5.75 Å². The van der Waals surface area contributed by atoms with Crippen LogP contribution in [0, 0.1) is 0 Å².